The predicted molar refractivity (Wildman–Crippen MR) is 118 cm³/mol. The first-order valence-electron chi connectivity index (χ1n) is 8.03. The van der Waals surface area contributed by atoms with Crippen LogP contribution in [0, 0.1) is 0 Å². The predicted octanol–water partition coefficient (Wildman–Crippen LogP) is 4.67. The molecule has 0 unspecified atom stereocenters. The summed E-state index contributed by atoms with van der Waals surface area (Å²) in [5, 5.41) is 3.20. The summed E-state index contributed by atoms with van der Waals surface area (Å²) in [5.74, 6) is 0.444. The molecule has 0 radical (unpaired) electrons. The Labute approximate surface area is 174 Å². The van der Waals surface area contributed by atoms with Crippen LogP contribution in [-0.4, -0.2) is 19.6 Å². The normalized spacial score (nSPS) is 15.4. The van der Waals surface area contributed by atoms with Crippen molar-refractivity contribution in [2.45, 2.75) is 24.9 Å². The SMILES string of the molecule is COCc1ccccc1NC(N)=NCC1(c2cccc(Br)c2)CC1.I. The van der Waals surface area contributed by atoms with Gasteiger partial charge in [0, 0.05) is 28.2 Å². The van der Waals surface area contributed by atoms with Crippen LogP contribution in [0.3, 0.4) is 0 Å². The van der Waals surface area contributed by atoms with Crippen molar-refractivity contribution in [2.24, 2.45) is 10.7 Å². The second-order valence-electron chi connectivity index (χ2n) is 6.21. The third-order valence-corrected chi connectivity index (χ3v) is 4.92. The lowest BCUT2D eigenvalue weighted by Crippen LogP contribution is -2.25. The molecule has 3 N–H and O–H groups in total. The fourth-order valence-corrected chi connectivity index (χ4v) is 3.24. The molecule has 0 spiro atoms. The van der Waals surface area contributed by atoms with Crippen LogP contribution in [-0.2, 0) is 16.8 Å². The summed E-state index contributed by atoms with van der Waals surface area (Å²) in [4.78, 5) is 4.59. The van der Waals surface area contributed by atoms with Gasteiger partial charge in [0.15, 0.2) is 5.96 Å². The van der Waals surface area contributed by atoms with E-state index in [1.54, 1.807) is 7.11 Å². The molecule has 2 aromatic carbocycles. The summed E-state index contributed by atoms with van der Waals surface area (Å²) in [7, 11) is 1.68. The molecule has 134 valence electrons. The van der Waals surface area contributed by atoms with Crippen LogP contribution in [0.15, 0.2) is 58.0 Å². The topological polar surface area (TPSA) is 59.6 Å². The van der Waals surface area contributed by atoms with Crippen LogP contribution in [0.25, 0.3) is 0 Å². The minimum Gasteiger partial charge on any atom is -0.380 e. The zero-order chi connectivity index (χ0) is 17.0. The van der Waals surface area contributed by atoms with Crippen LogP contribution < -0.4 is 11.1 Å². The van der Waals surface area contributed by atoms with Crippen LogP contribution in [0.1, 0.15) is 24.0 Å². The number of benzene rings is 2. The van der Waals surface area contributed by atoms with Gasteiger partial charge in [-0.25, -0.2) is 0 Å². The zero-order valence-electron chi connectivity index (χ0n) is 14.2. The lowest BCUT2D eigenvalue weighted by Gasteiger charge is -2.15. The second-order valence-corrected chi connectivity index (χ2v) is 7.12. The Hall–Kier alpha value is -1.12. The maximum atomic E-state index is 6.10. The molecule has 1 fully saturated rings. The van der Waals surface area contributed by atoms with E-state index in [4.69, 9.17) is 10.5 Å². The molecule has 0 atom stereocenters. The van der Waals surface area contributed by atoms with Gasteiger partial charge in [0.2, 0.25) is 0 Å². The Bertz CT molecular complexity index is 747. The number of para-hydroxylation sites is 1. The average Bonchev–Trinajstić information content (AvgIpc) is 3.36. The van der Waals surface area contributed by atoms with Crippen molar-refractivity contribution in [2.75, 3.05) is 19.0 Å². The van der Waals surface area contributed by atoms with E-state index < -0.39 is 0 Å². The van der Waals surface area contributed by atoms with Gasteiger partial charge >= 0.3 is 0 Å². The van der Waals surface area contributed by atoms with E-state index in [1.165, 1.54) is 5.56 Å². The van der Waals surface area contributed by atoms with Crippen molar-refractivity contribution in [3.8, 4) is 0 Å². The molecule has 1 saturated carbocycles. The Kier molecular flexibility index (Phi) is 7.27. The lowest BCUT2D eigenvalue weighted by atomic mass is 9.96. The standard InChI is InChI=1S/C19H22BrN3O.HI/c1-24-12-14-5-2-3-8-17(14)23-18(21)22-13-19(9-10-19)15-6-4-7-16(20)11-15;/h2-8,11H,9-10,12-13H2,1H3,(H3,21,22,23);1H. The van der Waals surface area contributed by atoms with Crippen molar-refractivity contribution in [1.82, 2.24) is 0 Å². The molecule has 6 heteroatoms. The molecule has 0 amide bonds. The maximum Gasteiger partial charge on any atom is 0.193 e. The lowest BCUT2D eigenvalue weighted by molar-refractivity contribution is 0.185. The largest absolute Gasteiger partial charge is 0.380 e. The number of nitrogens with one attached hydrogen (secondary N) is 1. The van der Waals surface area contributed by atoms with Gasteiger partial charge in [-0.2, -0.15) is 0 Å². The summed E-state index contributed by atoms with van der Waals surface area (Å²) in [6.45, 7) is 1.24. The number of halogens is 2. The quantitative estimate of drug-likeness (QED) is 0.334. The van der Waals surface area contributed by atoms with Crippen molar-refractivity contribution >= 4 is 51.6 Å². The molecular formula is C19H23BrIN3O. The molecule has 1 aliphatic rings. The Balaban J connectivity index is 0.00000225. The minimum absolute atomic E-state index is 0. The van der Waals surface area contributed by atoms with E-state index in [2.05, 4.69) is 44.4 Å². The molecule has 0 heterocycles. The van der Waals surface area contributed by atoms with E-state index in [1.807, 2.05) is 30.3 Å². The number of hydrogen-bond donors (Lipinski definition) is 2. The van der Waals surface area contributed by atoms with E-state index in [0.29, 0.717) is 19.1 Å². The first-order chi connectivity index (χ1) is 11.6. The number of nitrogens with zero attached hydrogens (tertiary/aromatic N) is 1. The Morgan fingerprint density at radius 2 is 2.00 bits per heavy atom. The molecule has 3 rings (SSSR count). The maximum absolute atomic E-state index is 6.10. The van der Waals surface area contributed by atoms with Gasteiger partial charge in [-0.15, -0.1) is 24.0 Å². The van der Waals surface area contributed by atoms with Crippen LogP contribution in [0.5, 0.6) is 0 Å². The minimum atomic E-state index is 0. The third-order valence-electron chi connectivity index (χ3n) is 4.42. The highest BCUT2D eigenvalue weighted by Gasteiger charge is 2.44. The molecule has 25 heavy (non-hydrogen) atoms. The number of anilines is 1. The van der Waals surface area contributed by atoms with E-state index in [9.17, 15) is 0 Å². The number of hydrogen-bond acceptors (Lipinski definition) is 2. The summed E-state index contributed by atoms with van der Waals surface area (Å²) < 4.78 is 6.32. The third kappa shape index (κ3) is 5.18. The summed E-state index contributed by atoms with van der Waals surface area (Å²) in [6, 6.07) is 16.4. The van der Waals surface area contributed by atoms with Crippen LogP contribution in [0.4, 0.5) is 5.69 Å². The Morgan fingerprint density at radius 3 is 2.68 bits per heavy atom. The van der Waals surface area contributed by atoms with Gasteiger partial charge in [0.05, 0.1) is 13.2 Å². The highest BCUT2D eigenvalue weighted by atomic mass is 127. The summed E-state index contributed by atoms with van der Waals surface area (Å²) in [5.41, 5.74) is 9.57. The first-order valence-corrected chi connectivity index (χ1v) is 8.82. The van der Waals surface area contributed by atoms with Crippen molar-refractivity contribution in [1.29, 1.82) is 0 Å². The smallest absolute Gasteiger partial charge is 0.193 e. The molecule has 2 aromatic rings. The van der Waals surface area contributed by atoms with Gasteiger partial charge in [0.25, 0.3) is 0 Å². The molecular weight excluding hydrogens is 493 g/mol. The highest BCUT2D eigenvalue weighted by Crippen LogP contribution is 2.48. The highest BCUT2D eigenvalue weighted by molar-refractivity contribution is 14.0. The second kappa shape index (κ2) is 9.00. The Morgan fingerprint density at radius 1 is 1.24 bits per heavy atom. The molecule has 1 aliphatic carbocycles. The number of guanidine groups is 1. The average molecular weight is 516 g/mol. The van der Waals surface area contributed by atoms with E-state index >= 15 is 0 Å². The van der Waals surface area contributed by atoms with Crippen LogP contribution in [0.2, 0.25) is 0 Å². The number of aliphatic imine (C=N–C) groups is 1. The monoisotopic (exact) mass is 515 g/mol. The number of rotatable bonds is 6. The van der Waals surface area contributed by atoms with E-state index in [0.717, 1.165) is 28.6 Å². The first kappa shape index (κ1) is 20.2. The number of nitrogens with two attached hydrogens (primary N) is 1. The van der Waals surface area contributed by atoms with Crippen LogP contribution >= 0.6 is 39.9 Å². The molecule has 0 aliphatic heterocycles. The fourth-order valence-electron chi connectivity index (χ4n) is 2.84. The summed E-state index contributed by atoms with van der Waals surface area (Å²) >= 11 is 3.54. The zero-order valence-corrected chi connectivity index (χ0v) is 18.1. The number of ether oxygens (including phenoxy) is 1. The molecule has 4 nitrogen and oxygen atoms in total. The molecule has 0 saturated heterocycles. The van der Waals surface area contributed by atoms with E-state index in [-0.39, 0.29) is 29.4 Å². The van der Waals surface area contributed by atoms with Crippen molar-refractivity contribution in [3.05, 3.63) is 64.1 Å². The van der Waals surface area contributed by atoms with Gasteiger partial charge in [-0.1, -0.05) is 46.3 Å². The molecule has 0 aromatic heterocycles. The van der Waals surface area contributed by atoms with Crippen molar-refractivity contribution < 1.29 is 4.74 Å². The van der Waals surface area contributed by atoms with Gasteiger partial charge < -0.3 is 15.8 Å². The fraction of sp³-hybridized carbons (Fsp3) is 0.316. The van der Waals surface area contributed by atoms with Crippen molar-refractivity contribution in [3.63, 3.8) is 0 Å². The summed E-state index contributed by atoms with van der Waals surface area (Å²) in [6.07, 6.45) is 2.31. The van der Waals surface area contributed by atoms with Gasteiger partial charge in [0.1, 0.15) is 0 Å². The molecule has 0 bridgehead atoms. The van der Waals surface area contributed by atoms with Gasteiger partial charge in [-0.05, 0) is 36.6 Å². The number of methoxy groups -OCH3 is 1. The van der Waals surface area contributed by atoms with Gasteiger partial charge in [-0.3, -0.25) is 4.99 Å².